The number of carbonyl (C=O) groups excluding carboxylic acids is 1. The Labute approximate surface area is 119 Å². The second-order valence-electron chi connectivity index (χ2n) is 5.66. The van der Waals surface area contributed by atoms with Gasteiger partial charge in [0.05, 0.1) is 4.90 Å². The molecule has 1 aromatic carbocycles. The van der Waals surface area contributed by atoms with Crippen LogP contribution in [0.2, 0.25) is 0 Å². The quantitative estimate of drug-likeness (QED) is 0.878. The fourth-order valence-electron chi connectivity index (χ4n) is 1.90. The molecule has 20 heavy (non-hydrogen) atoms. The van der Waals surface area contributed by atoms with Gasteiger partial charge in [-0.3, -0.25) is 0 Å². The standard InChI is InChI=1S/C13H20N2O4S/c1-13(2,3)11(8-19-12(14)16)9-4-6-10(7-5-9)20(15,17)18/h4-7,11H,8H2,1-3H3,(H2,14,16)(H2,15,17,18). The van der Waals surface area contributed by atoms with E-state index in [1.165, 1.54) is 12.1 Å². The first-order valence-corrected chi connectivity index (χ1v) is 7.61. The minimum atomic E-state index is -3.71. The normalized spacial score (nSPS) is 13.8. The molecule has 0 aliphatic rings. The highest BCUT2D eigenvalue weighted by atomic mass is 32.2. The van der Waals surface area contributed by atoms with Crippen LogP contribution in [0.3, 0.4) is 0 Å². The van der Waals surface area contributed by atoms with E-state index in [-0.39, 0.29) is 22.8 Å². The van der Waals surface area contributed by atoms with Crippen molar-refractivity contribution in [1.29, 1.82) is 0 Å². The number of nitrogens with two attached hydrogens (primary N) is 2. The Morgan fingerprint density at radius 2 is 1.75 bits per heavy atom. The predicted octanol–water partition coefficient (Wildman–Crippen LogP) is 1.56. The van der Waals surface area contributed by atoms with E-state index in [0.717, 1.165) is 5.56 Å². The van der Waals surface area contributed by atoms with Gasteiger partial charge in [-0.2, -0.15) is 0 Å². The molecule has 0 heterocycles. The Morgan fingerprint density at radius 3 is 2.10 bits per heavy atom. The lowest BCUT2D eigenvalue weighted by Gasteiger charge is -2.30. The summed E-state index contributed by atoms with van der Waals surface area (Å²) >= 11 is 0. The number of hydrogen-bond donors (Lipinski definition) is 2. The molecule has 0 spiro atoms. The lowest BCUT2D eigenvalue weighted by atomic mass is 9.77. The van der Waals surface area contributed by atoms with Gasteiger partial charge < -0.3 is 10.5 Å². The van der Waals surface area contributed by atoms with Gasteiger partial charge in [0.15, 0.2) is 0 Å². The van der Waals surface area contributed by atoms with Crippen LogP contribution in [0.4, 0.5) is 4.79 Å². The summed E-state index contributed by atoms with van der Waals surface area (Å²) in [6.07, 6.45) is -0.833. The van der Waals surface area contributed by atoms with E-state index < -0.39 is 16.1 Å². The molecule has 0 aliphatic carbocycles. The van der Waals surface area contributed by atoms with Crippen molar-refractivity contribution >= 4 is 16.1 Å². The van der Waals surface area contributed by atoms with Crippen LogP contribution in [-0.4, -0.2) is 21.1 Å². The number of primary sulfonamides is 1. The summed E-state index contributed by atoms with van der Waals surface area (Å²) in [5.41, 5.74) is 5.66. The molecule has 1 aromatic rings. The van der Waals surface area contributed by atoms with Gasteiger partial charge in [0, 0.05) is 5.92 Å². The molecule has 4 N–H and O–H groups in total. The van der Waals surface area contributed by atoms with Crippen LogP contribution in [0.5, 0.6) is 0 Å². The first-order valence-electron chi connectivity index (χ1n) is 6.07. The van der Waals surface area contributed by atoms with Crippen molar-refractivity contribution in [3.05, 3.63) is 29.8 Å². The highest BCUT2D eigenvalue weighted by Crippen LogP contribution is 2.35. The number of ether oxygens (including phenoxy) is 1. The monoisotopic (exact) mass is 300 g/mol. The number of primary amides is 1. The average molecular weight is 300 g/mol. The van der Waals surface area contributed by atoms with Gasteiger partial charge in [0.2, 0.25) is 10.0 Å². The smallest absolute Gasteiger partial charge is 0.404 e. The molecule has 112 valence electrons. The van der Waals surface area contributed by atoms with Gasteiger partial charge in [0.25, 0.3) is 0 Å². The van der Waals surface area contributed by atoms with Gasteiger partial charge >= 0.3 is 6.09 Å². The molecule has 1 atom stereocenters. The summed E-state index contributed by atoms with van der Waals surface area (Å²) in [6, 6.07) is 6.21. The number of hydrogen-bond acceptors (Lipinski definition) is 4. The molecule has 0 saturated heterocycles. The van der Waals surface area contributed by atoms with Crippen molar-refractivity contribution in [2.24, 2.45) is 16.3 Å². The first-order chi connectivity index (χ1) is 9.01. The number of carbonyl (C=O) groups is 1. The minimum Gasteiger partial charge on any atom is -0.449 e. The summed E-state index contributed by atoms with van der Waals surface area (Å²) in [6.45, 7) is 6.12. The molecule has 1 rings (SSSR count). The molecule has 0 radical (unpaired) electrons. The third-order valence-corrected chi connectivity index (χ3v) is 3.98. The molecule has 0 fully saturated rings. The van der Waals surface area contributed by atoms with Crippen molar-refractivity contribution in [1.82, 2.24) is 0 Å². The zero-order valence-corrected chi connectivity index (χ0v) is 12.6. The van der Waals surface area contributed by atoms with Crippen LogP contribution in [0.1, 0.15) is 32.3 Å². The van der Waals surface area contributed by atoms with Gasteiger partial charge in [-0.05, 0) is 23.1 Å². The van der Waals surface area contributed by atoms with E-state index in [9.17, 15) is 13.2 Å². The first kappa shape index (κ1) is 16.5. The average Bonchev–Trinajstić information content (AvgIpc) is 2.26. The number of benzene rings is 1. The van der Waals surface area contributed by atoms with Crippen LogP contribution < -0.4 is 10.9 Å². The van der Waals surface area contributed by atoms with Crippen molar-refractivity contribution < 1.29 is 17.9 Å². The largest absolute Gasteiger partial charge is 0.449 e. The maximum Gasteiger partial charge on any atom is 0.404 e. The van der Waals surface area contributed by atoms with Crippen LogP contribution in [0.15, 0.2) is 29.2 Å². The highest BCUT2D eigenvalue weighted by molar-refractivity contribution is 7.89. The Hall–Kier alpha value is -1.60. The molecule has 0 aliphatic heterocycles. The van der Waals surface area contributed by atoms with Crippen molar-refractivity contribution in [2.45, 2.75) is 31.6 Å². The Kier molecular flexibility index (Phi) is 4.77. The van der Waals surface area contributed by atoms with Crippen molar-refractivity contribution in [3.8, 4) is 0 Å². The summed E-state index contributed by atoms with van der Waals surface area (Å²) < 4.78 is 27.3. The highest BCUT2D eigenvalue weighted by Gasteiger charge is 2.27. The van der Waals surface area contributed by atoms with Gasteiger partial charge in [-0.15, -0.1) is 0 Å². The molecule has 6 nitrogen and oxygen atoms in total. The van der Waals surface area contributed by atoms with Crippen molar-refractivity contribution in [2.75, 3.05) is 6.61 Å². The maximum absolute atomic E-state index is 11.2. The number of amides is 1. The zero-order valence-electron chi connectivity index (χ0n) is 11.8. The molecule has 7 heteroatoms. The summed E-state index contributed by atoms with van der Waals surface area (Å²) in [5.74, 6) is -0.107. The van der Waals surface area contributed by atoms with Crippen LogP contribution in [-0.2, 0) is 14.8 Å². The molecule has 1 unspecified atom stereocenters. The van der Waals surface area contributed by atoms with Gasteiger partial charge in [-0.25, -0.2) is 18.4 Å². The van der Waals surface area contributed by atoms with E-state index in [0.29, 0.717) is 0 Å². The Balaban J connectivity index is 3.06. The van der Waals surface area contributed by atoms with E-state index in [2.05, 4.69) is 0 Å². The predicted molar refractivity (Wildman–Crippen MR) is 75.5 cm³/mol. The topological polar surface area (TPSA) is 112 Å². The Bertz CT molecular complexity index is 573. The third-order valence-electron chi connectivity index (χ3n) is 3.05. The van der Waals surface area contributed by atoms with Gasteiger partial charge in [0.1, 0.15) is 6.61 Å². The van der Waals surface area contributed by atoms with E-state index in [4.69, 9.17) is 15.6 Å². The fourth-order valence-corrected chi connectivity index (χ4v) is 2.42. The second kappa shape index (κ2) is 5.80. The van der Waals surface area contributed by atoms with Crippen LogP contribution >= 0.6 is 0 Å². The lowest BCUT2D eigenvalue weighted by molar-refractivity contribution is 0.126. The lowest BCUT2D eigenvalue weighted by Crippen LogP contribution is -2.26. The van der Waals surface area contributed by atoms with E-state index in [1.54, 1.807) is 12.1 Å². The summed E-state index contributed by atoms with van der Waals surface area (Å²) in [5, 5.41) is 5.05. The van der Waals surface area contributed by atoms with Crippen LogP contribution in [0.25, 0.3) is 0 Å². The minimum absolute atomic E-state index is 0.0460. The molecule has 0 saturated carbocycles. The summed E-state index contributed by atoms with van der Waals surface area (Å²) in [4.78, 5) is 10.8. The molecule has 0 aromatic heterocycles. The zero-order chi connectivity index (χ0) is 15.6. The van der Waals surface area contributed by atoms with Crippen molar-refractivity contribution in [3.63, 3.8) is 0 Å². The molecule has 1 amide bonds. The number of sulfonamides is 1. The third kappa shape index (κ3) is 4.50. The second-order valence-corrected chi connectivity index (χ2v) is 7.22. The maximum atomic E-state index is 11.2. The fraction of sp³-hybridized carbons (Fsp3) is 0.462. The molecule has 0 bridgehead atoms. The van der Waals surface area contributed by atoms with E-state index >= 15 is 0 Å². The number of rotatable bonds is 4. The molecular formula is C13H20N2O4S. The van der Waals surface area contributed by atoms with Gasteiger partial charge in [-0.1, -0.05) is 32.9 Å². The van der Waals surface area contributed by atoms with Crippen LogP contribution in [0, 0.1) is 5.41 Å². The SMILES string of the molecule is CC(C)(C)C(COC(N)=O)c1ccc(S(N)(=O)=O)cc1. The molecular weight excluding hydrogens is 280 g/mol. The van der Waals surface area contributed by atoms with E-state index in [1.807, 2.05) is 20.8 Å². The Morgan fingerprint density at radius 1 is 1.25 bits per heavy atom. The summed E-state index contributed by atoms with van der Waals surface area (Å²) in [7, 11) is -3.71.